The molecule has 0 amide bonds. The predicted octanol–water partition coefficient (Wildman–Crippen LogP) is 11.1. The van der Waals surface area contributed by atoms with Crippen molar-refractivity contribution in [3.05, 3.63) is 139 Å². The highest BCUT2D eigenvalue weighted by atomic mass is 14.7. The molecule has 0 atom stereocenters. The van der Waals surface area contributed by atoms with Gasteiger partial charge in [0.2, 0.25) is 0 Å². The van der Waals surface area contributed by atoms with Crippen LogP contribution < -0.4 is 0 Å². The minimum Gasteiger partial charge on any atom is -0.256 e. The van der Waals surface area contributed by atoms with Crippen LogP contribution in [0.3, 0.4) is 0 Å². The first kappa shape index (κ1) is 23.9. The van der Waals surface area contributed by atoms with Gasteiger partial charge in [0.15, 0.2) is 0 Å². The van der Waals surface area contributed by atoms with Gasteiger partial charge in [-0.05, 0) is 80.3 Å². The van der Waals surface area contributed by atoms with Gasteiger partial charge in [-0.25, -0.2) is 0 Å². The molecule has 2 aliphatic rings. The number of hydrogen-bond donors (Lipinski definition) is 0. The Kier molecular flexibility index (Phi) is 5.20. The van der Waals surface area contributed by atoms with Crippen molar-refractivity contribution in [2.45, 2.75) is 37.5 Å². The summed E-state index contributed by atoms with van der Waals surface area (Å²) in [5, 5.41) is 6.29. The fraction of sp³-hybridized carbons (Fsp3) is 0.146. The fourth-order valence-electron chi connectivity index (χ4n) is 8.32. The van der Waals surface area contributed by atoms with E-state index in [2.05, 4.69) is 128 Å². The van der Waals surface area contributed by atoms with Crippen LogP contribution in [0.25, 0.3) is 65.8 Å². The lowest BCUT2D eigenvalue weighted by molar-refractivity contribution is 0.353. The van der Waals surface area contributed by atoms with E-state index < -0.39 is 0 Å². The van der Waals surface area contributed by atoms with Crippen LogP contribution in [0.4, 0.5) is 0 Å². The van der Waals surface area contributed by atoms with Gasteiger partial charge in [0, 0.05) is 27.8 Å². The van der Waals surface area contributed by atoms with E-state index in [4.69, 9.17) is 4.98 Å². The summed E-state index contributed by atoms with van der Waals surface area (Å²) >= 11 is 0. The van der Waals surface area contributed by atoms with E-state index in [9.17, 15) is 0 Å². The molecule has 1 nitrogen and oxygen atoms in total. The first-order valence-corrected chi connectivity index (χ1v) is 15.4. The molecule has 200 valence electrons. The number of para-hydroxylation sites is 1. The maximum absolute atomic E-state index is 5.03. The maximum atomic E-state index is 5.03. The first-order chi connectivity index (χ1) is 20.8. The molecule has 0 radical (unpaired) electrons. The summed E-state index contributed by atoms with van der Waals surface area (Å²) in [6.45, 7) is 0. The summed E-state index contributed by atoms with van der Waals surface area (Å²) in [6, 6.07) is 45.0. The van der Waals surface area contributed by atoms with Crippen molar-refractivity contribution in [2.75, 3.05) is 0 Å². The van der Waals surface area contributed by atoms with Crippen molar-refractivity contribution in [1.29, 1.82) is 0 Å². The average Bonchev–Trinajstić information content (AvgIpc) is 3.32. The SMILES string of the molecule is c1ccc(-c2c3ccccc3c(-c3ccc4c(c3)C3(CCCCC3)c3ccccc3-4)c3cnc4ccccc4c23)cc1. The quantitative estimate of drug-likeness (QED) is 0.158. The fourth-order valence-corrected chi connectivity index (χ4v) is 8.32. The number of aromatic nitrogens is 1. The van der Waals surface area contributed by atoms with Gasteiger partial charge in [-0.2, -0.15) is 0 Å². The number of rotatable bonds is 2. The third-order valence-corrected chi connectivity index (χ3v) is 10.1. The molecule has 1 aromatic heterocycles. The Hall–Kier alpha value is -4.75. The van der Waals surface area contributed by atoms with Crippen LogP contribution >= 0.6 is 0 Å². The molecule has 0 unspecified atom stereocenters. The van der Waals surface area contributed by atoms with E-state index in [0.29, 0.717) is 0 Å². The number of fused-ring (bicyclic) bond motifs is 9. The van der Waals surface area contributed by atoms with Crippen molar-refractivity contribution in [3.63, 3.8) is 0 Å². The minimum absolute atomic E-state index is 0.126. The Bertz CT molecular complexity index is 2170. The van der Waals surface area contributed by atoms with Gasteiger partial charge in [0.05, 0.1) is 5.52 Å². The lowest BCUT2D eigenvalue weighted by atomic mass is 9.67. The second kappa shape index (κ2) is 9.13. The maximum Gasteiger partial charge on any atom is 0.0708 e. The van der Waals surface area contributed by atoms with E-state index in [1.807, 2.05) is 0 Å². The van der Waals surface area contributed by atoms with Crippen LogP contribution in [0.5, 0.6) is 0 Å². The second-order valence-electron chi connectivity index (χ2n) is 12.2. The van der Waals surface area contributed by atoms with E-state index in [-0.39, 0.29) is 5.41 Å². The standard InChI is InChI=1S/C41H31N/c1-3-13-27(14-4-1)39-32-17-6-5-16-31(32)38(34-26-42-37-20-10-8-18-33(37)40(34)39)28-21-22-30-29-15-7-9-19-35(29)41(36(30)25-28)23-11-2-12-24-41/h1,3-10,13-22,25-26H,2,11-12,23-24H2. The number of nitrogens with zero attached hydrogens (tertiary/aromatic N) is 1. The number of benzene rings is 6. The lowest BCUT2D eigenvalue weighted by Crippen LogP contribution is -2.28. The van der Waals surface area contributed by atoms with Crippen LogP contribution in [0.2, 0.25) is 0 Å². The highest BCUT2D eigenvalue weighted by molar-refractivity contribution is 6.27. The summed E-state index contributed by atoms with van der Waals surface area (Å²) in [5.74, 6) is 0. The van der Waals surface area contributed by atoms with E-state index in [1.54, 1.807) is 5.56 Å². The molecule has 1 fully saturated rings. The molecule has 1 heteroatoms. The molecule has 1 spiro atoms. The summed E-state index contributed by atoms with van der Waals surface area (Å²) in [5.41, 5.74) is 12.2. The molecular formula is C41H31N. The highest BCUT2D eigenvalue weighted by Crippen LogP contribution is 2.57. The van der Waals surface area contributed by atoms with E-state index >= 15 is 0 Å². The monoisotopic (exact) mass is 537 g/mol. The molecule has 0 bridgehead atoms. The molecule has 0 aliphatic heterocycles. The molecule has 1 saturated carbocycles. The van der Waals surface area contributed by atoms with E-state index in [0.717, 1.165) is 5.52 Å². The topological polar surface area (TPSA) is 12.9 Å². The van der Waals surface area contributed by atoms with Gasteiger partial charge in [-0.15, -0.1) is 0 Å². The smallest absolute Gasteiger partial charge is 0.0708 e. The van der Waals surface area contributed by atoms with Crippen molar-refractivity contribution in [2.24, 2.45) is 0 Å². The Labute approximate surface area is 246 Å². The molecule has 6 aromatic carbocycles. The van der Waals surface area contributed by atoms with Crippen molar-refractivity contribution < 1.29 is 0 Å². The number of hydrogen-bond acceptors (Lipinski definition) is 1. The third kappa shape index (κ3) is 3.28. The third-order valence-electron chi connectivity index (χ3n) is 10.1. The summed E-state index contributed by atoms with van der Waals surface area (Å²) in [7, 11) is 0. The summed E-state index contributed by atoms with van der Waals surface area (Å²) < 4.78 is 0. The Morgan fingerprint density at radius 1 is 0.476 bits per heavy atom. The van der Waals surface area contributed by atoms with Crippen LogP contribution in [0.15, 0.2) is 128 Å². The zero-order valence-electron chi connectivity index (χ0n) is 23.6. The lowest BCUT2D eigenvalue weighted by Gasteiger charge is -2.36. The first-order valence-electron chi connectivity index (χ1n) is 15.4. The normalized spacial score (nSPS) is 15.3. The number of pyridine rings is 1. The van der Waals surface area contributed by atoms with Crippen LogP contribution in [0.1, 0.15) is 43.2 Å². The molecule has 42 heavy (non-hydrogen) atoms. The van der Waals surface area contributed by atoms with Crippen molar-refractivity contribution in [3.8, 4) is 33.4 Å². The Balaban J connectivity index is 1.41. The van der Waals surface area contributed by atoms with Crippen LogP contribution in [0, 0.1) is 0 Å². The summed E-state index contributed by atoms with van der Waals surface area (Å²) in [6.07, 6.45) is 8.54. The Morgan fingerprint density at radius 3 is 1.98 bits per heavy atom. The molecule has 0 saturated heterocycles. The average molecular weight is 538 g/mol. The molecule has 2 aliphatic carbocycles. The van der Waals surface area contributed by atoms with Gasteiger partial charge in [-0.1, -0.05) is 128 Å². The molecule has 0 N–H and O–H groups in total. The Morgan fingerprint density at radius 2 is 1.14 bits per heavy atom. The van der Waals surface area contributed by atoms with Gasteiger partial charge in [0.25, 0.3) is 0 Å². The van der Waals surface area contributed by atoms with Crippen LogP contribution in [-0.2, 0) is 5.41 Å². The molecule has 1 heterocycles. The van der Waals surface area contributed by atoms with Crippen molar-refractivity contribution >= 4 is 32.4 Å². The molecule has 9 rings (SSSR count). The van der Waals surface area contributed by atoms with E-state index in [1.165, 1.54) is 98.0 Å². The zero-order chi connectivity index (χ0) is 27.7. The second-order valence-corrected chi connectivity index (χ2v) is 12.2. The molecular weight excluding hydrogens is 506 g/mol. The summed E-state index contributed by atoms with van der Waals surface area (Å²) in [4.78, 5) is 5.03. The van der Waals surface area contributed by atoms with Crippen molar-refractivity contribution in [1.82, 2.24) is 4.98 Å². The predicted molar refractivity (Wildman–Crippen MR) is 177 cm³/mol. The van der Waals surface area contributed by atoms with Gasteiger partial charge >= 0.3 is 0 Å². The highest BCUT2D eigenvalue weighted by Gasteiger charge is 2.43. The van der Waals surface area contributed by atoms with Gasteiger partial charge in [-0.3, -0.25) is 4.98 Å². The van der Waals surface area contributed by atoms with Crippen LogP contribution in [-0.4, -0.2) is 4.98 Å². The van der Waals surface area contributed by atoms with Gasteiger partial charge in [0.1, 0.15) is 0 Å². The zero-order valence-corrected chi connectivity index (χ0v) is 23.6. The minimum atomic E-state index is 0.126. The largest absolute Gasteiger partial charge is 0.256 e. The molecule has 7 aromatic rings. The van der Waals surface area contributed by atoms with Gasteiger partial charge < -0.3 is 0 Å².